The van der Waals surface area contributed by atoms with Crippen molar-refractivity contribution in [2.75, 3.05) is 29.0 Å². The van der Waals surface area contributed by atoms with Crippen LogP contribution in [0.3, 0.4) is 0 Å². The molecule has 2 N–H and O–H groups in total. The number of carbonyl (C=O) groups excluding carboxylic acids is 1. The van der Waals surface area contributed by atoms with Crippen LogP contribution in [0.2, 0.25) is 0 Å². The lowest BCUT2D eigenvalue weighted by atomic mass is 10.2. The van der Waals surface area contributed by atoms with E-state index in [2.05, 4.69) is 36.2 Å². The Kier molecular flexibility index (Phi) is 5.96. The Morgan fingerprint density at radius 1 is 1.11 bits per heavy atom. The van der Waals surface area contributed by atoms with Crippen molar-refractivity contribution >= 4 is 59.7 Å². The number of rotatable bonds is 6. The molecule has 0 unspecified atom stereocenters. The Morgan fingerprint density at radius 2 is 1.86 bits per heavy atom. The summed E-state index contributed by atoms with van der Waals surface area (Å²) in [5.41, 5.74) is 1.66. The molecule has 0 radical (unpaired) electrons. The van der Waals surface area contributed by atoms with E-state index in [9.17, 15) is 13.2 Å². The molecule has 1 heterocycles. The molecule has 0 aliphatic carbocycles. The minimum absolute atomic E-state index is 0.0902. The fraction of sp³-hybridized carbons (Fsp3) is 0.118. The third-order valence-electron chi connectivity index (χ3n) is 3.56. The van der Waals surface area contributed by atoms with Crippen LogP contribution < -0.4 is 14.9 Å². The minimum atomic E-state index is -3.92. The number of sulfonamides is 1. The lowest BCUT2D eigenvalue weighted by Crippen LogP contribution is -2.14. The summed E-state index contributed by atoms with van der Waals surface area (Å²) in [5.74, 6) is -0.409. The van der Waals surface area contributed by atoms with Gasteiger partial charge in [-0.05, 0) is 36.4 Å². The number of carbonyl (C=O) groups is 1. The number of nitrogens with one attached hydrogen (secondary N) is 2. The second-order valence-corrected chi connectivity index (χ2v) is 9.64. The summed E-state index contributed by atoms with van der Waals surface area (Å²) in [4.78, 5) is 14.1. The molecular formula is C17H16BrN5O3S2. The minimum Gasteiger partial charge on any atom is -0.378 e. The van der Waals surface area contributed by atoms with Crippen molar-refractivity contribution in [2.24, 2.45) is 0 Å². The zero-order chi connectivity index (χ0) is 20.3. The highest BCUT2D eigenvalue weighted by Gasteiger charge is 2.21. The molecule has 0 spiro atoms. The van der Waals surface area contributed by atoms with E-state index in [1.807, 2.05) is 25.1 Å². The third-order valence-corrected chi connectivity index (χ3v) is 6.64. The van der Waals surface area contributed by atoms with Crippen molar-refractivity contribution in [3.05, 3.63) is 58.6 Å². The van der Waals surface area contributed by atoms with Crippen molar-refractivity contribution in [3.8, 4) is 0 Å². The van der Waals surface area contributed by atoms with Crippen LogP contribution in [0, 0.1) is 0 Å². The highest BCUT2D eigenvalue weighted by molar-refractivity contribution is 9.10. The maximum Gasteiger partial charge on any atom is 0.291 e. The van der Waals surface area contributed by atoms with E-state index >= 15 is 0 Å². The van der Waals surface area contributed by atoms with Crippen LogP contribution in [0.4, 0.5) is 16.5 Å². The Balaban J connectivity index is 1.75. The average molecular weight is 482 g/mol. The van der Waals surface area contributed by atoms with Crippen molar-refractivity contribution in [2.45, 2.75) is 4.34 Å². The summed E-state index contributed by atoms with van der Waals surface area (Å²) in [5, 5.41) is 10.1. The van der Waals surface area contributed by atoms with Gasteiger partial charge < -0.3 is 4.90 Å². The predicted molar refractivity (Wildman–Crippen MR) is 114 cm³/mol. The second kappa shape index (κ2) is 8.25. The summed E-state index contributed by atoms with van der Waals surface area (Å²) in [6.07, 6.45) is 0. The molecule has 3 rings (SSSR count). The highest BCUT2D eigenvalue weighted by atomic mass is 79.9. The number of aromatic nitrogens is 2. The molecule has 0 aliphatic rings. The van der Waals surface area contributed by atoms with E-state index in [0.29, 0.717) is 11.3 Å². The number of anilines is 3. The van der Waals surface area contributed by atoms with Crippen LogP contribution >= 0.6 is 27.3 Å². The van der Waals surface area contributed by atoms with E-state index in [4.69, 9.17) is 0 Å². The van der Waals surface area contributed by atoms with Gasteiger partial charge in [0, 0.05) is 29.8 Å². The number of halogens is 1. The first kappa shape index (κ1) is 20.2. The first-order valence-electron chi connectivity index (χ1n) is 7.95. The molecule has 2 aromatic carbocycles. The van der Waals surface area contributed by atoms with Gasteiger partial charge in [0.1, 0.15) is 0 Å². The van der Waals surface area contributed by atoms with E-state index in [0.717, 1.165) is 21.5 Å². The fourth-order valence-corrected chi connectivity index (χ4v) is 4.56. The zero-order valence-electron chi connectivity index (χ0n) is 14.9. The predicted octanol–water partition coefficient (Wildman–Crippen LogP) is 3.42. The maximum atomic E-state index is 12.6. The topological polar surface area (TPSA) is 104 Å². The second-order valence-electron chi connectivity index (χ2n) is 5.89. The third kappa shape index (κ3) is 4.86. The Hall–Kier alpha value is -2.50. The molecule has 0 saturated heterocycles. The number of hydrogen-bond donors (Lipinski definition) is 2. The molecule has 0 aliphatic heterocycles. The Bertz CT molecular complexity index is 1120. The SMILES string of the molecule is CN(C)c1cccc(NS(=O)(=O)c2nnc(NC(=O)c3cccc(Br)c3)s2)c1. The fourth-order valence-electron chi connectivity index (χ4n) is 2.21. The molecule has 0 saturated carbocycles. The summed E-state index contributed by atoms with van der Waals surface area (Å²) in [6, 6.07) is 13.8. The summed E-state index contributed by atoms with van der Waals surface area (Å²) < 4.78 is 28.1. The zero-order valence-corrected chi connectivity index (χ0v) is 18.1. The van der Waals surface area contributed by atoms with Gasteiger partial charge in [0.15, 0.2) is 0 Å². The molecule has 28 heavy (non-hydrogen) atoms. The number of nitrogens with zero attached hydrogens (tertiary/aromatic N) is 3. The van der Waals surface area contributed by atoms with E-state index in [1.165, 1.54) is 0 Å². The highest BCUT2D eigenvalue weighted by Crippen LogP contribution is 2.25. The van der Waals surface area contributed by atoms with Crippen molar-refractivity contribution in [3.63, 3.8) is 0 Å². The van der Waals surface area contributed by atoms with Gasteiger partial charge in [-0.25, -0.2) is 0 Å². The van der Waals surface area contributed by atoms with Gasteiger partial charge in [0.05, 0.1) is 5.69 Å². The smallest absolute Gasteiger partial charge is 0.291 e. The molecule has 0 fully saturated rings. The monoisotopic (exact) mass is 481 g/mol. The van der Waals surface area contributed by atoms with Crippen molar-refractivity contribution < 1.29 is 13.2 Å². The Labute approximate surface area is 174 Å². The van der Waals surface area contributed by atoms with Gasteiger partial charge >= 0.3 is 0 Å². The Morgan fingerprint density at radius 3 is 2.57 bits per heavy atom. The average Bonchev–Trinajstić information content (AvgIpc) is 3.11. The summed E-state index contributed by atoms with van der Waals surface area (Å²) >= 11 is 4.07. The first-order chi connectivity index (χ1) is 13.2. The number of hydrogen-bond acceptors (Lipinski definition) is 7. The van der Waals surface area contributed by atoms with Gasteiger partial charge in [-0.3, -0.25) is 14.8 Å². The molecule has 3 aromatic rings. The number of benzene rings is 2. The lowest BCUT2D eigenvalue weighted by Gasteiger charge is -2.13. The van der Waals surface area contributed by atoms with Crippen LogP contribution in [0.5, 0.6) is 0 Å². The van der Waals surface area contributed by atoms with E-state index in [1.54, 1.807) is 42.5 Å². The summed E-state index contributed by atoms with van der Waals surface area (Å²) in [6.45, 7) is 0. The van der Waals surface area contributed by atoms with Gasteiger partial charge in [-0.2, -0.15) is 8.42 Å². The maximum absolute atomic E-state index is 12.6. The van der Waals surface area contributed by atoms with Crippen LogP contribution in [0.25, 0.3) is 0 Å². The molecule has 1 amide bonds. The van der Waals surface area contributed by atoms with Gasteiger partial charge in [-0.15, -0.1) is 10.2 Å². The normalized spacial score (nSPS) is 11.1. The summed E-state index contributed by atoms with van der Waals surface area (Å²) in [7, 11) is -0.205. The van der Waals surface area contributed by atoms with Crippen molar-refractivity contribution in [1.82, 2.24) is 10.2 Å². The van der Waals surface area contributed by atoms with E-state index in [-0.39, 0.29) is 9.47 Å². The standard InChI is InChI=1S/C17H16BrN5O3S2/c1-23(2)14-8-4-7-13(10-14)22-28(25,26)17-21-20-16(27-17)19-15(24)11-5-3-6-12(18)9-11/h3-10,22H,1-2H3,(H,19,20,24). The van der Waals surface area contributed by atoms with E-state index < -0.39 is 15.9 Å². The lowest BCUT2D eigenvalue weighted by molar-refractivity contribution is 0.102. The van der Waals surface area contributed by atoms with Crippen LogP contribution in [0.1, 0.15) is 10.4 Å². The van der Waals surface area contributed by atoms with Gasteiger partial charge in [0.2, 0.25) is 5.13 Å². The molecular weight excluding hydrogens is 466 g/mol. The molecule has 11 heteroatoms. The van der Waals surface area contributed by atoms with Crippen LogP contribution in [-0.2, 0) is 10.0 Å². The largest absolute Gasteiger partial charge is 0.378 e. The molecule has 8 nitrogen and oxygen atoms in total. The molecule has 0 bridgehead atoms. The van der Waals surface area contributed by atoms with Crippen LogP contribution in [0.15, 0.2) is 57.3 Å². The first-order valence-corrected chi connectivity index (χ1v) is 11.0. The molecule has 146 valence electrons. The molecule has 0 atom stereocenters. The molecule has 1 aromatic heterocycles. The van der Waals surface area contributed by atoms with Crippen LogP contribution in [-0.4, -0.2) is 38.6 Å². The number of amides is 1. The van der Waals surface area contributed by atoms with Crippen molar-refractivity contribution in [1.29, 1.82) is 0 Å². The van der Waals surface area contributed by atoms with Gasteiger partial charge in [-0.1, -0.05) is 39.4 Å². The van der Waals surface area contributed by atoms with Gasteiger partial charge in [0.25, 0.3) is 20.3 Å². The quantitative estimate of drug-likeness (QED) is 0.522.